The topological polar surface area (TPSA) is 70.3 Å². The summed E-state index contributed by atoms with van der Waals surface area (Å²) in [6.45, 7) is 0.755. The summed E-state index contributed by atoms with van der Waals surface area (Å²) in [5.41, 5.74) is 5.53. The van der Waals surface area contributed by atoms with E-state index in [4.69, 9.17) is 15.2 Å². The average molecular weight is 229 g/mol. The minimum atomic E-state index is 0.239. The highest BCUT2D eigenvalue weighted by Gasteiger charge is 2.02. The Balaban J connectivity index is 2.49. The third-order valence-corrected chi connectivity index (χ3v) is 2.65. The largest absolute Gasteiger partial charge is 0.481 e. The fraction of sp³-hybridized carbons (Fsp3) is 0.556. The minimum absolute atomic E-state index is 0.239. The van der Waals surface area contributed by atoms with E-state index in [0.717, 1.165) is 23.8 Å². The molecule has 0 amide bonds. The molecule has 0 saturated heterocycles. The van der Waals surface area contributed by atoms with Crippen molar-refractivity contribution in [1.29, 1.82) is 0 Å². The molecule has 0 fully saturated rings. The van der Waals surface area contributed by atoms with Gasteiger partial charge in [0.25, 0.3) is 0 Å². The first-order valence-corrected chi connectivity index (χ1v) is 5.55. The van der Waals surface area contributed by atoms with Crippen LogP contribution in [0.25, 0.3) is 0 Å². The van der Waals surface area contributed by atoms with Crippen molar-refractivity contribution in [2.75, 3.05) is 32.3 Å². The van der Waals surface area contributed by atoms with Crippen molar-refractivity contribution in [2.24, 2.45) is 0 Å². The molecule has 2 N–H and O–H groups in total. The van der Waals surface area contributed by atoms with Crippen LogP contribution in [0, 0.1) is 0 Å². The second-order valence-electron chi connectivity index (χ2n) is 2.80. The maximum Gasteiger partial charge on any atom is 0.224 e. The Hall–Kier alpha value is -1.01. The van der Waals surface area contributed by atoms with Crippen LogP contribution in [0.2, 0.25) is 0 Å². The van der Waals surface area contributed by atoms with Crippen LogP contribution in [0.5, 0.6) is 5.88 Å². The molecule has 0 unspecified atom stereocenters. The number of anilines is 1. The number of methoxy groups -OCH3 is 2. The second-order valence-corrected chi connectivity index (χ2v) is 3.92. The van der Waals surface area contributed by atoms with Crippen molar-refractivity contribution in [3.8, 4) is 5.88 Å². The van der Waals surface area contributed by atoms with Gasteiger partial charge in [0.05, 0.1) is 7.11 Å². The van der Waals surface area contributed by atoms with Gasteiger partial charge in [-0.15, -0.1) is 11.8 Å². The zero-order valence-electron chi connectivity index (χ0n) is 8.90. The molecular weight excluding hydrogens is 214 g/mol. The van der Waals surface area contributed by atoms with Gasteiger partial charge in [-0.2, -0.15) is 4.98 Å². The third kappa shape index (κ3) is 4.35. The molecule has 0 bridgehead atoms. The zero-order chi connectivity index (χ0) is 11.1. The molecule has 1 rings (SSSR count). The second kappa shape index (κ2) is 6.47. The van der Waals surface area contributed by atoms with E-state index in [1.54, 1.807) is 32.0 Å². The fourth-order valence-electron chi connectivity index (χ4n) is 0.979. The molecule has 0 atom stereocenters. The maximum atomic E-state index is 5.53. The highest BCUT2D eigenvalue weighted by Crippen LogP contribution is 2.20. The molecule has 15 heavy (non-hydrogen) atoms. The Morgan fingerprint density at radius 1 is 1.40 bits per heavy atom. The molecule has 0 aliphatic carbocycles. The minimum Gasteiger partial charge on any atom is -0.481 e. The number of nitrogens with zero attached hydrogens (tertiary/aromatic N) is 2. The number of thioether (sulfide) groups is 1. The summed E-state index contributed by atoms with van der Waals surface area (Å²) in [6, 6.07) is 1.77. The average Bonchev–Trinajstić information content (AvgIpc) is 2.23. The lowest BCUT2D eigenvalue weighted by molar-refractivity contribution is 0.200. The van der Waals surface area contributed by atoms with Crippen molar-refractivity contribution in [1.82, 2.24) is 9.97 Å². The van der Waals surface area contributed by atoms with Gasteiger partial charge < -0.3 is 15.2 Å². The van der Waals surface area contributed by atoms with E-state index in [1.807, 2.05) is 0 Å². The van der Waals surface area contributed by atoms with Crippen molar-refractivity contribution < 1.29 is 9.47 Å². The van der Waals surface area contributed by atoms with Crippen molar-refractivity contribution >= 4 is 17.7 Å². The van der Waals surface area contributed by atoms with E-state index in [0.29, 0.717) is 5.88 Å². The Labute approximate surface area is 93.4 Å². The normalized spacial score (nSPS) is 10.3. The number of rotatable bonds is 6. The number of hydrogen-bond donors (Lipinski definition) is 1. The molecular formula is C9H15N3O2S. The maximum absolute atomic E-state index is 5.53. The summed E-state index contributed by atoms with van der Waals surface area (Å²) in [5.74, 6) is 1.67. The van der Waals surface area contributed by atoms with Gasteiger partial charge in [-0.25, -0.2) is 4.98 Å². The van der Waals surface area contributed by atoms with E-state index in [2.05, 4.69) is 9.97 Å². The number of nitrogens with two attached hydrogens (primary N) is 1. The lowest BCUT2D eigenvalue weighted by atomic mass is 10.5. The predicted octanol–water partition coefficient (Wildman–Crippen LogP) is 1.20. The van der Waals surface area contributed by atoms with Gasteiger partial charge in [0.2, 0.25) is 11.8 Å². The molecule has 0 aliphatic rings. The Morgan fingerprint density at radius 2 is 2.20 bits per heavy atom. The molecule has 6 heteroatoms. The van der Waals surface area contributed by atoms with E-state index in [9.17, 15) is 0 Å². The number of nitrogen functional groups attached to an aromatic ring is 1. The molecule has 0 aromatic carbocycles. The van der Waals surface area contributed by atoms with Gasteiger partial charge in [0.1, 0.15) is 5.03 Å². The zero-order valence-corrected chi connectivity index (χ0v) is 9.71. The summed E-state index contributed by atoms with van der Waals surface area (Å²) in [6.07, 6.45) is 0.980. The van der Waals surface area contributed by atoms with Crippen molar-refractivity contribution in [3.63, 3.8) is 0 Å². The van der Waals surface area contributed by atoms with Gasteiger partial charge in [-0.3, -0.25) is 0 Å². The number of hydrogen-bond acceptors (Lipinski definition) is 6. The Morgan fingerprint density at radius 3 is 2.87 bits per heavy atom. The van der Waals surface area contributed by atoms with Crippen LogP contribution in [-0.2, 0) is 4.74 Å². The lowest BCUT2D eigenvalue weighted by Gasteiger charge is -2.04. The highest BCUT2D eigenvalue weighted by molar-refractivity contribution is 7.99. The van der Waals surface area contributed by atoms with E-state index in [1.165, 1.54) is 0 Å². The molecule has 5 nitrogen and oxygen atoms in total. The standard InChI is InChI=1S/C9H15N3O2S/c1-13-4-3-5-15-8-6-7(14-2)11-9(10)12-8/h6H,3-5H2,1-2H3,(H2,10,11,12). The van der Waals surface area contributed by atoms with Crippen molar-refractivity contribution in [2.45, 2.75) is 11.4 Å². The molecule has 0 saturated carbocycles. The summed E-state index contributed by atoms with van der Waals surface area (Å²) in [5, 5.41) is 0.829. The quantitative estimate of drug-likeness (QED) is 0.449. The third-order valence-electron chi connectivity index (χ3n) is 1.65. The van der Waals surface area contributed by atoms with E-state index in [-0.39, 0.29) is 5.95 Å². The van der Waals surface area contributed by atoms with Crippen LogP contribution in [-0.4, -0.2) is 36.5 Å². The van der Waals surface area contributed by atoms with Crippen LogP contribution in [0.4, 0.5) is 5.95 Å². The first kappa shape index (κ1) is 12.1. The van der Waals surface area contributed by atoms with Crippen LogP contribution < -0.4 is 10.5 Å². The van der Waals surface area contributed by atoms with Gasteiger partial charge in [-0.05, 0) is 6.42 Å². The molecule has 84 valence electrons. The summed E-state index contributed by atoms with van der Waals surface area (Å²) >= 11 is 1.61. The molecule has 0 spiro atoms. The van der Waals surface area contributed by atoms with Crippen LogP contribution >= 0.6 is 11.8 Å². The first-order chi connectivity index (χ1) is 7.26. The van der Waals surface area contributed by atoms with E-state index < -0.39 is 0 Å². The number of aromatic nitrogens is 2. The summed E-state index contributed by atoms with van der Waals surface area (Å²) < 4.78 is 9.95. The lowest BCUT2D eigenvalue weighted by Crippen LogP contribution is -1.99. The Bertz CT molecular complexity index is 309. The van der Waals surface area contributed by atoms with Gasteiger partial charge >= 0.3 is 0 Å². The SMILES string of the molecule is COCCCSc1cc(OC)nc(N)n1. The highest BCUT2D eigenvalue weighted by atomic mass is 32.2. The molecule has 1 aromatic heterocycles. The monoisotopic (exact) mass is 229 g/mol. The van der Waals surface area contributed by atoms with E-state index >= 15 is 0 Å². The summed E-state index contributed by atoms with van der Waals surface area (Å²) in [4.78, 5) is 7.99. The first-order valence-electron chi connectivity index (χ1n) is 4.56. The van der Waals surface area contributed by atoms with Crippen LogP contribution in [0.3, 0.4) is 0 Å². The molecule has 1 aromatic rings. The van der Waals surface area contributed by atoms with Gasteiger partial charge in [0.15, 0.2) is 0 Å². The van der Waals surface area contributed by atoms with Crippen LogP contribution in [0.15, 0.2) is 11.1 Å². The van der Waals surface area contributed by atoms with Crippen molar-refractivity contribution in [3.05, 3.63) is 6.07 Å². The molecule has 1 heterocycles. The molecule has 0 radical (unpaired) electrons. The predicted molar refractivity (Wildman–Crippen MR) is 60.2 cm³/mol. The molecule has 0 aliphatic heterocycles. The number of ether oxygens (including phenoxy) is 2. The van der Waals surface area contributed by atoms with Gasteiger partial charge in [-0.1, -0.05) is 0 Å². The smallest absolute Gasteiger partial charge is 0.224 e. The fourth-order valence-corrected chi connectivity index (χ4v) is 1.79. The Kier molecular flexibility index (Phi) is 5.20. The van der Waals surface area contributed by atoms with Crippen LogP contribution in [0.1, 0.15) is 6.42 Å². The summed E-state index contributed by atoms with van der Waals surface area (Å²) in [7, 11) is 3.25. The van der Waals surface area contributed by atoms with Gasteiger partial charge in [0, 0.05) is 25.5 Å².